The van der Waals surface area contributed by atoms with Crippen LogP contribution >= 0.6 is 11.6 Å². The first-order valence-corrected chi connectivity index (χ1v) is 7.53. The summed E-state index contributed by atoms with van der Waals surface area (Å²) in [5.74, 6) is 0. The summed E-state index contributed by atoms with van der Waals surface area (Å²) in [5, 5.41) is 1.96. The number of benzene rings is 2. The van der Waals surface area contributed by atoms with Crippen LogP contribution in [0.1, 0.15) is 23.1 Å². The van der Waals surface area contributed by atoms with Crippen molar-refractivity contribution in [2.24, 2.45) is 0 Å². The van der Waals surface area contributed by atoms with Crippen LogP contribution in [0.4, 0.5) is 0 Å². The van der Waals surface area contributed by atoms with Gasteiger partial charge in [0, 0.05) is 28.7 Å². The predicted octanol–water partition coefficient (Wildman–Crippen LogP) is 4.83. The van der Waals surface area contributed by atoms with Gasteiger partial charge in [-0.15, -0.1) is 0 Å². The Bertz CT molecular complexity index is 785. The summed E-state index contributed by atoms with van der Waals surface area (Å²) in [6.07, 6.45) is 5.92. The molecule has 2 heteroatoms. The smallest absolute Gasteiger partial charge is 0.0499 e. The first-order valence-electron chi connectivity index (χ1n) is 7.15. The molecule has 100 valence electrons. The summed E-state index contributed by atoms with van der Waals surface area (Å²) in [4.78, 5) is 0. The molecule has 0 radical (unpaired) electrons. The van der Waals surface area contributed by atoms with Crippen LogP contribution in [-0.2, 0) is 19.4 Å². The van der Waals surface area contributed by atoms with Gasteiger partial charge >= 0.3 is 0 Å². The number of fused-ring (bicyclic) bond motifs is 2. The van der Waals surface area contributed by atoms with E-state index >= 15 is 0 Å². The molecule has 3 aromatic rings. The normalized spacial score (nSPS) is 13.8. The van der Waals surface area contributed by atoms with Crippen LogP contribution in [0.5, 0.6) is 0 Å². The Hall–Kier alpha value is -1.73. The summed E-state index contributed by atoms with van der Waals surface area (Å²) in [5.41, 5.74) is 5.66. The highest BCUT2D eigenvalue weighted by Crippen LogP contribution is 2.26. The highest BCUT2D eigenvalue weighted by molar-refractivity contribution is 6.35. The van der Waals surface area contributed by atoms with Gasteiger partial charge < -0.3 is 4.57 Å². The second kappa shape index (κ2) is 4.68. The molecule has 4 rings (SSSR count). The maximum absolute atomic E-state index is 6.24. The zero-order chi connectivity index (χ0) is 13.5. The van der Waals surface area contributed by atoms with Crippen molar-refractivity contribution >= 4 is 22.5 Å². The Morgan fingerprint density at radius 1 is 1.00 bits per heavy atom. The van der Waals surface area contributed by atoms with Crippen molar-refractivity contribution in [1.29, 1.82) is 0 Å². The third kappa shape index (κ3) is 1.94. The van der Waals surface area contributed by atoms with E-state index in [0.717, 1.165) is 17.0 Å². The summed E-state index contributed by atoms with van der Waals surface area (Å²) >= 11 is 6.24. The fourth-order valence-corrected chi connectivity index (χ4v) is 3.48. The van der Waals surface area contributed by atoms with E-state index in [4.69, 9.17) is 11.6 Å². The van der Waals surface area contributed by atoms with E-state index in [1.54, 1.807) is 0 Å². The maximum Gasteiger partial charge on any atom is 0.0499 e. The molecule has 0 amide bonds. The van der Waals surface area contributed by atoms with Crippen molar-refractivity contribution < 1.29 is 0 Å². The van der Waals surface area contributed by atoms with Crippen molar-refractivity contribution in [3.63, 3.8) is 0 Å². The first kappa shape index (κ1) is 12.0. The summed E-state index contributed by atoms with van der Waals surface area (Å²) in [6.45, 7) is 0.914. The number of halogens is 1. The molecule has 1 nitrogen and oxygen atoms in total. The van der Waals surface area contributed by atoms with Gasteiger partial charge in [0.1, 0.15) is 0 Å². The van der Waals surface area contributed by atoms with E-state index in [1.807, 2.05) is 12.1 Å². The molecule has 0 atom stereocenters. The summed E-state index contributed by atoms with van der Waals surface area (Å²) in [6, 6.07) is 15.1. The third-order valence-corrected chi connectivity index (χ3v) is 4.61. The molecule has 20 heavy (non-hydrogen) atoms. The minimum atomic E-state index is 0.829. The van der Waals surface area contributed by atoms with Gasteiger partial charge in [0.25, 0.3) is 0 Å². The fraction of sp³-hybridized carbons (Fsp3) is 0.222. The number of hydrogen-bond donors (Lipinski definition) is 0. The Morgan fingerprint density at radius 2 is 1.90 bits per heavy atom. The minimum Gasteiger partial charge on any atom is -0.343 e. The van der Waals surface area contributed by atoms with Gasteiger partial charge in [-0.25, -0.2) is 0 Å². The Balaban J connectivity index is 1.72. The third-order valence-electron chi connectivity index (χ3n) is 4.28. The zero-order valence-electron chi connectivity index (χ0n) is 11.3. The van der Waals surface area contributed by atoms with E-state index < -0.39 is 0 Å². The van der Waals surface area contributed by atoms with Crippen LogP contribution < -0.4 is 0 Å². The number of nitrogens with zero attached hydrogens (tertiary/aromatic N) is 1. The lowest BCUT2D eigenvalue weighted by Gasteiger charge is -2.08. The van der Waals surface area contributed by atoms with Gasteiger partial charge in [-0.3, -0.25) is 0 Å². The maximum atomic E-state index is 6.24. The van der Waals surface area contributed by atoms with Gasteiger partial charge in [0.2, 0.25) is 0 Å². The van der Waals surface area contributed by atoms with Gasteiger partial charge in [-0.2, -0.15) is 0 Å². The fourth-order valence-electron chi connectivity index (χ4n) is 3.24. The monoisotopic (exact) mass is 281 g/mol. The van der Waals surface area contributed by atoms with Gasteiger partial charge in [0.05, 0.1) is 0 Å². The second-order valence-electron chi connectivity index (χ2n) is 5.57. The van der Waals surface area contributed by atoms with Crippen LogP contribution in [0.15, 0.2) is 48.7 Å². The molecule has 0 saturated heterocycles. The molecular weight excluding hydrogens is 266 g/mol. The number of rotatable bonds is 2. The Morgan fingerprint density at radius 3 is 2.85 bits per heavy atom. The molecule has 0 bridgehead atoms. The molecule has 1 aliphatic rings. The SMILES string of the molecule is Clc1cccc2c1ccn2Cc1ccc2c(c1)CCC2. The Kier molecular flexibility index (Phi) is 2.82. The van der Waals surface area contributed by atoms with Crippen molar-refractivity contribution in [1.82, 2.24) is 4.57 Å². The molecule has 0 aliphatic heterocycles. The van der Waals surface area contributed by atoms with E-state index in [-0.39, 0.29) is 0 Å². The van der Waals surface area contributed by atoms with E-state index in [2.05, 4.69) is 41.1 Å². The summed E-state index contributed by atoms with van der Waals surface area (Å²) in [7, 11) is 0. The molecule has 2 aromatic carbocycles. The van der Waals surface area contributed by atoms with Crippen LogP contribution in [0, 0.1) is 0 Å². The first-order chi connectivity index (χ1) is 9.81. The number of hydrogen-bond acceptors (Lipinski definition) is 0. The van der Waals surface area contributed by atoms with Crippen LogP contribution in [0.2, 0.25) is 5.02 Å². The summed E-state index contributed by atoms with van der Waals surface area (Å²) < 4.78 is 2.28. The Labute approximate surface area is 123 Å². The average molecular weight is 282 g/mol. The van der Waals surface area contributed by atoms with E-state index in [1.165, 1.54) is 41.5 Å². The lowest BCUT2D eigenvalue weighted by atomic mass is 10.1. The standard InChI is InChI=1S/C18H16ClN/c19-17-5-2-6-18-16(17)9-10-20(18)12-13-7-8-14-3-1-4-15(14)11-13/h2,5-11H,1,3-4,12H2. The molecule has 0 spiro atoms. The van der Waals surface area contributed by atoms with E-state index in [9.17, 15) is 0 Å². The topological polar surface area (TPSA) is 4.93 Å². The molecule has 0 fully saturated rings. The van der Waals surface area contributed by atoms with Crippen molar-refractivity contribution in [3.05, 3.63) is 70.4 Å². The molecule has 0 saturated carbocycles. The van der Waals surface area contributed by atoms with Crippen LogP contribution in [-0.4, -0.2) is 4.57 Å². The zero-order valence-corrected chi connectivity index (χ0v) is 12.0. The highest BCUT2D eigenvalue weighted by Gasteiger charge is 2.11. The van der Waals surface area contributed by atoms with Crippen LogP contribution in [0.3, 0.4) is 0 Å². The van der Waals surface area contributed by atoms with Crippen molar-refractivity contribution in [3.8, 4) is 0 Å². The molecule has 1 aromatic heterocycles. The molecule has 1 heterocycles. The van der Waals surface area contributed by atoms with Crippen molar-refractivity contribution in [2.75, 3.05) is 0 Å². The molecule has 1 aliphatic carbocycles. The quantitative estimate of drug-likeness (QED) is 0.634. The lowest BCUT2D eigenvalue weighted by Crippen LogP contribution is -1.98. The average Bonchev–Trinajstić information content (AvgIpc) is 3.06. The van der Waals surface area contributed by atoms with Gasteiger partial charge in [0.15, 0.2) is 0 Å². The van der Waals surface area contributed by atoms with Crippen molar-refractivity contribution in [2.45, 2.75) is 25.8 Å². The van der Waals surface area contributed by atoms with Crippen LogP contribution in [0.25, 0.3) is 10.9 Å². The molecule has 0 N–H and O–H groups in total. The molecular formula is C18H16ClN. The van der Waals surface area contributed by atoms with E-state index in [0.29, 0.717) is 0 Å². The lowest BCUT2D eigenvalue weighted by molar-refractivity contribution is 0.834. The number of aromatic nitrogens is 1. The molecule has 0 unspecified atom stereocenters. The van der Waals surface area contributed by atoms with Gasteiger partial charge in [-0.05, 0) is 54.2 Å². The number of aryl methyl sites for hydroxylation is 2. The largest absolute Gasteiger partial charge is 0.343 e. The predicted molar refractivity (Wildman–Crippen MR) is 84.5 cm³/mol. The minimum absolute atomic E-state index is 0.829. The second-order valence-corrected chi connectivity index (χ2v) is 5.98. The van der Waals surface area contributed by atoms with Gasteiger partial charge in [-0.1, -0.05) is 35.9 Å². The highest BCUT2D eigenvalue weighted by atomic mass is 35.5.